The molecule has 0 bridgehead atoms. The van der Waals surface area contributed by atoms with Crippen LogP contribution in [0.1, 0.15) is 48.7 Å². The van der Waals surface area contributed by atoms with Crippen LogP contribution < -0.4 is 9.80 Å². The molecule has 0 saturated heterocycles. The van der Waals surface area contributed by atoms with Crippen LogP contribution >= 0.6 is 0 Å². The summed E-state index contributed by atoms with van der Waals surface area (Å²) in [6.45, 7) is 12.1. The van der Waals surface area contributed by atoms with Gasteiger partial charge in [0.1, 0.15) is 5.41 Å². The molecule has 0 atom stereocenters. The van der Waals surface area contributed by atoms with Crippen LogP contribution in [-0.2, 0) is 29.2 Å². The highest BCUT2D eigenvalue weighted by atomic mass is 16.2. The first-order valence-corrected chi connectivity index (χ1v) is 12.4. The van der Waals surface area contributed by atoms with E-state index in [1.165, 1.54) is 16.7 Å². The van der Waals surface area contributed by atoms with Gasteiger partial charge in [-0.25, -0.2) is 0 Å². The minimum atomic E-state index is -1.12. The molecule has 2 aromatic heterocycles. The zero-order valence-corrected chi connectivity index (χ0v) is 22.1. The molecular formula is C29H35N5O2. The van der Waals surface area contributed by atoms with Crippen molar-refractivity contribution >= 4 is 23.2 Å². The summed E-state index contributed by atoms with van der Waals surface area (Å²) < 4.78 is 0. The van der Waals surface area contributed by atoms with Gasteiger partial charge in [-0.15, -0.1) is 0 Å². The standard InChI is InChI=1S/C29H35N5O2/c1-7-34-25-11-10-22(15-26(25)32(6)27(35)29(4,5)28(34)36)17-33(18-23-9-8-13-31-21(23)3)19-24-16-30-14-12-20(24)2/h8-16H,7,17-19H2,1-6H3. The highest BCUT2D eigenvalue weighted by Crippen LogP contribution is 2.39. The molecule has 7 nitrogen and oxygen atoms in total. The third-order valence-electron chi connectivity index (χ3n) is 7.09. The molecule has 1 aliphatic heterocycles. The minimum Gasteiger partial charge on any atom is -0.313 e. The molecule has 36 heavy (non-hydrogen) atoms. The van der Waals surface area contributed by atoms with E-state index >= 15 is 0 Å². The summed E-state index contributed by atoms with van der Waals surface area (Å²) in [4.78, 5) is 41.0. The van der Waals surface area contributed by atoms with Crippen molar-refractivity contribution < 1.29 is 9.59 Å². The Labute approximate surface area is 213 Å². The van der Waals surface area contributed by atoms with Crippen molar-refractivity contribution in [2.45, 2.75) is 54.3 Å². The van der Waals surface area contributed by atoms with E-state index in [9.17, 15) is 9.59 Å². The molecule has 0 unspecified atom stereocenters. The Kier molecular flexibility index (Phi) is 7.22. The summed E-state index contributed by atoms with van der Waals surface area (Å²) in [6.07, 6.45) is 5.56. The molecule has 0 N–H and O–H groups in total. The number of carbonyl (C=O) groups is 2. The highest BCUT2D eigenvalue weighted by molar-refractivity contribution is 6.19. The molecule has 0 fully saturated rings. The Hall–Kier alpha value is -3.58. The number of pyridine rings is 2. The molecule has 7 heteroatoms. The van der Waals surface area contributed by atoms with Crippen molar-refractivity contribution in [3.05, 3.63) is 82.9 Å². The second kappa shape index (κ2) is 10.2. The average Bonchev–Trinajstić information content (AvgIpc) is 2.91. The first-order chi connectivity index (χ1) is 17.1. The molecule has 1 aromatic carbocycles. The lowest BCUT2D eigenvalue weighted by molar-refractivity contribution is -0.137. The van der Waals surface area contributed by atoms with E-state index in [0.29, 0.717) is 13.1 Å². The van der Waals surface area contributed by atoms with Gasteiger partial charge in [-0.2, -0.15) is 0 Å². The van der Waals surface area contributed by atoms with Gasteiger partial charge in [-0.3, -0.25) is 24.5 Å². The Morgan fingerprint density at radius 3 is 2.36 bits per heavy atom. The number of anilines is 2. The molecule has 2 amide bonds. The van der Waals surface area contributed by atoms with E-state index in [0.717, 1.165) is 35.7 Å². The summed E-state index contributed by atoms with van der Waals surface area (Å²) >= 11 is 0. The largest absolute Gasteiger partial charge is 0.313 e. The van der Waals surface area contributed by atoms with Crippen LogP contribution in [0, 0.1) is 19.3 Å². The Morgan fingerprint density at radius 2 is 1.67 bits per heavy atom. The topological polar surface area (TPSA) is 69.6 Å². The molecule has 0 radical (unpaired) electrons. The maximum Gasteiger partial charge on any atom is 0.242 e. The van der Waals surface area contributed by atoms with Gasteiger partial charge in [0.25, 0.3) is 0 Å². The molecule has 3 aromatic rings. The summed E-state index contributed by atoms with van der Waals surface area (Å²) in [7, 11) is 1.76. The van der Waals surface area contributed by atoms with Crippen LogP contribution in [0.4, 0.5) is 11.4 Å². The number of hydrogen-bond acceptors (Lipinski definition) is 5. The average molecular weight is 486 g/mol. The van der Waals surface area contributed by atoms with Crippen molar-refractivity contribution in [3.63, 3.8) is 0 Å². The van der Waals surface area contributed by atoms with Crippen molar-refractivity contribution in [1.29, 1.82) is 0 Å². The van der Waals surface area contributed by atoms with Gasteiger partial charge in [0.05, 0.1) is 11.4 Å². The van der Waals surface area contributed by atoms with Crippen molar-refractivity contribution in [2.75, 3.05) is 23.4 Å². The Morgan fingerprint density at radius 1 is 0.917 bits per heavy atom. The lowest BCUT2D eigenvalue weighted by Crippen LogP contribution is -2.47. The first kappa shape index (κ1) is 25.5. The highest BCUT2D eigenvalue weighted by Gasteiger charge is 2.45. The lowest BCUT2D eigenvalue weighted by atomic mass is 9.90. The van der Waals surface area contributed by atoms with Crippen molar-refractivity contribution in [3.8, 4) is 0 Å². The summed E-state index contributed by atoms with van der Waals surface area (Å²) in [5.41, 5.74) is 6.03. The Balaban J connectivity index is 1.70. The summed E-state index contributed by atoms with van der Waals surface area (Å²) in [5, 5.41) is 0. The summed E-state index contributed by atoms with van der Waals surface area (Å²) in [6, 6.07) is 12.2. The fourth-order valence-corrected chi connectivity index (χ4v) is 4.80. The number of aromatic nitrogens is 2. The van der Waals surface area contributed by atoms with Gasteiger partial charge < -0.3 is 9.80 Å². The molecular weight excluding hydrogens is 450 g/mol. The quantitative estimate of drug-likeness (QED) is 0.456. The maximum absolute atomic E-state index is 13.2. The molecule has 0 spiro atoms. The number of aryl methyl sites for hydroxylation is 2. The number of nitrogens with zero attached hydrogens (tertiary/aromatic N) is 5. The molecule has 0 saturated carbocycles. The smallest absolute Gasteiger partial charge is 0.242 e. The van der Waals surface area contributed by atoms with Crippen LogP contribution in [0.2, 0.25) is 0 Å². The van der Waals surface area contributed by atoms with Gasteiger partial charge in [-0.05, 0) is 81.1 Å². The third-order valence-corrected chi connectivity index (χ3v) is 7.09. The lowest BCUT2D eigenvalue weighted by Gasteiger charge is -2.27. The first-order valence-electron chi connectivity index (χ1n) is 12.4. The van der Waals surface area contributed by atoms with Crippen LogP contribution in [0.25, 0.3) is 0 Å². The van der Waals surface area contributed by atoms with Gasteiger partial charge in [-0.1, -0.05) is 12.1 Å². The van der Waals surface area contributed by atoms with E-state index in [1.807, 2.05) is 56.7 Å². The van der Waals surface area contributed by atoms with Gasteiger partial charge in [0, 0.05) is 57.5 Å². The number of hydrogen-bond donors (Lipinski definition) is 0. The number of carbonyl (C=O) groups excluding carboxylic acids is 2. The van der Waals surface area contributed by atoms with Crippen LogP contribution in [0.5, 0.6) is 0 Å². The minimum absolute atomic E-state index is 0.172. The molecule has 0 aliphatic carbocycles. The van der Waals surface area contributed by atoms with Crippen molar-refractivity contribution in [1.82, 2.24) is 14.9 Å². The normalized spacial score (nSPS) is 15.3. The maximum atomic E-state index is 13.2. The van der Waals surface area contributed by atoms with Crippen LogP contribution in [0.15, 0.2) is 55.0 Å². The summed E-state index contributed by atoms with van der Waals surface area (Å²) in [5.74, 6) is -0.371. The van der Waals surface area contributed by atoms with E-state index < -0.39 is 5.41 Å². The zero-order valence-electron chi connectivity index (χ0n) is 22.1. The predicted molar refractivity (Wildman–Crippen MR) is 143 cm³/mol. The number of rotatable bonds is 7. The van der Waals surface area contributed by atoms with Crippen LogP contribution in [0.3, 0.4) is 0 Å². The molecule has 3 heterocycles. The predicted octanol–water partition coefficient (Wildman–Crippen LogP) is 4.65. The van der Waals surface area contributed by atoms with Crippen LogP contribution in [-0.4, -0.2) is 40.3 Å². The second-order valence-electron chi connectivity index (χ2n) is 10.1. The zero-order chi connectivity index (χ0) is 26.0. The molecule has 4 rings (SSSR count). The number of amides is 2. The van der Waals surface area contributed by atoms with E-state index in [1.54, 1.807) is 30.7 Å². The fourth-order valence-electron chi connectivity index (χ4n) is 4.80. The Bertz CT molecular complexity index is 1240. The van der Waals surface area contributed by atoms with E-state index in [4.69, 9.17) is 0 Å². The van der Waals surface area contributed by atoms with E-state index in [2.05, 4.69) is 33.9 Å². The van der Waals surface area contributed by atoms with Gasteiger partial charge >= 0.3 is 0 Å². The number of benzene rings is 1. The van der Waals surface area contributed by atoms with Gasteiger partial charge in [0.15, 0.2) is 0 Å². The third kappa shape index (κ3) is 4.88. The SMILES string of the molecule is CCN1C(=O)C(C)(C)C(=O)N(C)c2cc(CN(Cc3cnccc3C)Cc3cccnc3C)ccc21. The second-order valence-corrected chi connectivity index (χ2v) is 10.1. The fraction of sp³-hybridized carbons (Fsp3) is 0.379. The van der Waals surface area contributed by atoms with Crippen molar-refractivity contribution in [2.24, 2.45) is 5.41 Å². The van der Waals surface area contributed by atoms with E-state index in [-0.39, 0.29) is 11.8 Å². The van der Waals surface area contributed by atoms with Gasteiger partial charge in [0.2, 0.25) is 11.8 Å². The molecule has 1 aliphatic rings. The number of fused-ring (bicyclic) bond motifs is 1. The molecule has 188 valence electrons. The monoisotopic (exact) mass is 485 g/mol.